The molecule has 0 aromatic carbocycles. The summed E-state index contributed by atoms with van der Waals surface area (Å²) in [5.41, 5.74) is 0. The molecule has 0 aliphatic carbocycles. The van der Waals surface area contributed by atoms with Crippen LogP contribution in [0.3, 0.4) is 0 Å². The number of thioether (sulfide) groups is 1. The zero-order valence-electron chi connectivity index (χ0n) is 7.93. The monoisotopic (exact) mass is 216 g/mol. The lowest BCUT2D eigenvalue weighted by molar-refractivity contribution is -0.138. The van der Waals surface area contributed by atoms with Crippen molar-refractivity contribution < 1.29 is 14.7 Å². The van der Waals surface area contributed by atoms with E-state index in [1.807, 2.05) is 13.8 Å². The molecule has 6 heteroatoms. The number of amidine groups is 1. The highest BCUT2D eigenvalue weighted by Gasteiger charge is 2.37. The summed E-state index contributed by atoms with van der Waals surface area (Å²) in [7, 11) is 0. The number of aliphatic carboxylic acids is 1. The number of hydrogen-bond donors (Lipinski definition) is 2. The van der Waals surface area contributed by atoms with E-state index < -0.39 is 12.0 Å². The van der Waals surface area contributed by atoms with Crippen molar-refractivity contribution in [2.75, 3.05) is 0 Å². The minimum Gasteiger partial charge on any atom is -0.480 e. The lowest BCUT2D eigenvalue weighted by atomic mass is 10.0. The smallest absolute Gasteiger partial charge is 0.329 e. The Morgan fingerprint density at radius 2 is 2.36 bits per heavy atom. The second-order valence-corrected chi connectivity index (χ2v) is 4.47. The molecule has 14 heavy (non-hydrogen) atoms. The molecule has 1 aliphatic rings. The minimum absolute atomic E-state index is 0.102. The maximum Gasteiger partial charge on any atom is 0.329 e. The topological polar surface area (TPSA) is 78.8 Å². The normalized spacial score (nSPS) is 26.1. The number of hydrogen-bond acceptors (Lipinski definition) is 4. The fourth-order valence-electron chi connectivity index (χ4n) is 1.24. The first-order chi connectivity index (χ1) is 6.56. The third kappa shape index (κ3) is 2.25. The molecule has 2 unspecified atom stereocenters. The molecular formula is C8H12N2O3S. The highest BCUT2D eigenvalue weighted by molar-refractivity contribution is 8.14. The van der Waals surface area contributed by atoms with E-state index in [1.54, 1.807) is 0 Å². The number of carbonyl (C=O) groups excluding carboxylic acids is 1. The van der Waals surface area contributed by atoms with Gasteiger partial charge >= 0.3 is 5.97 Å². The fourth-order valence-corrected chi connectivity index (χ4v) is 2.37. The Kier molecular flexibility index (Phi) is 3.51. The van der Waals surface area contributed by atoms with Crippen LogP contribution in [0.15, 0.2) is 4.99 Å². The van der Waals surface area contributed by atoms with E-state index in [1.165, 1.54) is 11.8 Å². The molecule has 0 aromatic heterocycles. The van der Waals surface area contributed by atoms with Gasteiger partial charge in [-0.1, -0.05) is 25.6 Å². The van der Waals surface area contributed by atoms with Crippen LogP contribution in [-0.4, -0.2) is 33.9 Å². The molecule has 0 aromatic rings. The first-order valence-electron chi connectivity index (χ1n) is 4.23. The van der Waals surface area contributed by atoms with Gasteiger partial charge in [0, 0.05) is 5.25 Å². The molecule has 0 fully saturated rings. The summed E-state index contributed by atoms with van der Waals surface area (Å²) >= 11 is 1.31. The highest BCUT2D eigenvalue weighted by atomic mass is 32.2. The number of nitrogens with one attached hydrogen (secondary N) is 1. The van der Waals surface area contributed by atoms with Gasteiger partial charge in [-0.25, -0.2) is 9.79 Å². The number of nitrogens with zero attached hydrogens (tertiary/aromatic N) is 1. The maximum atomic E-state index is 10.8. The average Bonchev–Trinajstić information content (AvgIpc) is 2.49. The van der Waals surface area contributed by atoms with Crippen LogP contribution in [0.4, 0.5) is 0 Å². The summed E-state index contributed by atoms with van der Waals surface area (Å²) in [4.78, 5) is 24.9. The summed E-state index contributed by atoms with van der Waals surface area (Å²) in [6, 6.07) is -0.748. The highest BCUT2D eigenvalue weighted by Crippen LogP contribution is 2.31. The number of carboxylic acid groups (broad SMARTS) is 1. The lowest BCUT2D eigenvalue weighted by Crippen LogP contribution is -2.30. The van der Waals surface area contributed by atoms with Gasteiger partial charge in [-0.3, -0.25) is 4.79 Å². The van der Waals surface area contributed by atoms with E-state index in [0.717, 1.165) is 0 Å². The number of carboxylic acids is 1. The Morgan fingerprint density at radius 3 is 2.71 bits per heavy atom. The quantitative estimate of drug-likeness (QED) is 0.666. The Bertz CT molecular complexity index is 278. The standard InChI is InChI=1S/C8H12N2O3S/c1-4(2)6-5(7(12)13)10-8(14-6)9-3-11/h3-6H,1-2H3,(H,12,13)(H,9,10,11). The number of carbonyl (C=O) groups is 2. The molecule has 5 nitrogen and oxygen atoms in total. The van der Waals surface area contributed by atoms with Crippen molar-refractivity contribution in [1.82, 2.24) is 5.32 Å². The van der Waals surface area contributed by atoms with Gasteiger partial charge in [0.1, 0.15) is 0 Å². The van der Waals surface area contributed by atoms with E-state index in [2.05, 4.69) is 10.3 Å². The number of aliphatic imine (C=N–C) groups is 1. The van der Waals surface area contributed by atoms with Gasteiger partial charge in [-0.05, 0) is 5.92 Å². The summed E-state index contributed by atoms with van der Waals surface area (Å²) in [6.07, 6.45) is 0.507. The van der Waals surface area contributed by atoms with Gasteiger partial charge in [0.25, 0.3) is 0 Å². The number of rotatable bonds is 3. The van der Waals surface area contributed by atoms with Crippen molar-refractivity contribution in [1.29, 1.82) is 0 Å². The Balaban J connectivity index is 2.76. The van der Waals surface area contributed by atoms with Crippen molar-refractivity contribution in [3.63, 3.8) is 0 Å². The lowest BCUT2D eigenvalue weighted by Gasteiger charge is -2.16. The van der Waals surface area contributed by atoms with Gasteiger partial charge in [0.05, 0.1) is 0 Å². The molecule has 78 valence electrons. The van der Waals surface area contributed by atoms with Gasteiger partial charge in [0.2, 0.25) is 6.41 Å². The molecule has 1 rings (SSSR count). The average molecular weight is 216 g/mol. The van der Waals surface area contributed by atoms with E-state index in [9.17, 15) is 9.59 Å². The van der Waals surface area contributed by atoms with Crippen LogP contribution in [-0.2, 0) is 9.59 Å². The van der Waals surface area contributed by atoms with Crippen LogP contribution in [0.5, 0.6) is 0 Å². The Hall–Kier alpha value is -1.04. The first kappa shape index (κ1) is 11.0. The molecular weight excluding hydrogens is 204 g/mol. The van der Waals surface area contributed by atoms with Gasteiger partial charge in [-0.15, -0.1) is 0 Å². The predicted octanol–water partition coefficient (Wildman–Crippen LogP) is 0.313. The fraction of sp³-hybridized carbons (Fsp3) is 0.625. The van der Waals surface area contributed by atoms with Crippen molar-refractivity contribution in [2.24, 2.45) is 10.9 Å². The van der Waals surface area contributed by atoms with Crippen LogP contribution in [0.2, 0.25) is 0 Å². The summed E-state index contributed by atoms with van der Waals surface area (Å²) in [6.45, 7) is 3.87. The molecule has 0 bridgehead atoms. The molecule has 0 radical (unpaired) electrons. The van der Waals surface area contributed by atoms with E-state index in [-0.39, 0.29) is 11.2 Å². The molecule has 2 atom stereocenters. The summed E-state index contributed by atoms with van der Waals surface area (Å²) in [5.74, 6) is -0.741. The molecule has 1 aliphatic heterocycles. The molecule has 0 saturated carbocycles. The van der Waals surface area contributed by atoms with Gasteiger partial charge in [0.15, 0.2) is 11.2 Å². The van der Waals surface area contributed by atoms with Crippen LogP contribution in [0.25, 0.3) is 0 Å². The summed E-state index contributed by atoms with van der Waals surface area (Å²) < 4.78 is 0. The Morgan fingerprint density at radius 1 is 1.71 bits per heavy atom. The SMILES string of the molecule is CC(C)C1SC(NC=O)=NC1C(=O)O. The first-order valence-corrected chi connectivity index (χ1v) is 5.11. The van der Waals surface area contributed by atoms with Crippen molar-refractivity contribution in [2.45, 2.75) is 25.1 Å². The molecule has 1 amide bonds. The van der Waals surface area contributed by atoms with Crippen molar-refractivity contribution in [3.05, 3.63) is 0 Å². The van der Waals surface area contributed by atoms with Crippen molar-refractivity contribution in [3.8, 4) is 0 Å². The second-order valence-electron chi connectivity index (χ2n) is 3.31. The van der Waals surface area contributed by atoms with E-state index in [0.29, 0.717) is 11.6 Å². The van der Waals surface area contributed by atoms with Crippen LogP contribution in [0.1, 0.15) is 13.8 Å². The van der Waals surface area contributed by atoms with E-state index >= 15 is 0 Å². The van der Waals surface area contributed by atoms with Crippen LogP contribution >= 0.6 is 11.8 Å². The van der Waals surface area contributed by atoms with Crippen LogP contribution in [0, 0.1) is 5.92 Å². The third-order valence-electron chi connectivity index (χ3n) is 1.91. The second kappa shape index (κ2) is 4.45. The zero-order valence-corrected chi connectivity index (χ0v) is 8.75. The minimum atomic E-state index is -0.945. The predicted molar refractivity (Wildman–Crippen MR) is 54.3 cm³/mol. The molecule has 0 spiro atoms. The van der Waals surface area contributed by atoms with Gasteiger partial charge in [-0.2, -0.15) is 0 Å². The molecule has 2 N–H and O–H groups in total. The molecule has 0 saturated heterocycles. The maximum absolute atomic E-state index is 10.8. The largest absolute Gasteiger partial charge is 0.480 e. The van der Waals surface area contributed by atoms with Crippen LogP contribution < -0.4 is 5.32 Å². The summed E-state index contributed by atoms with van der Waals surface area (Å²) in [5, 5.41) is 11.6. The van der Waals surface area contributed by atoms with Crippen molar-refractivity contribution >= 4 is 29.3 Å². The number of amides is 1. The third-order valence-corrected chi connectivity index (χ3v) is 3.43. The van der Waals surface area contributed by atoms with E-state index in [4.69, 9.17) is 5.11 Å². The Labute approximate surface area is 86.0 Å². The molecule has 1 heterocycles. The zero-order chi connectivity index (χ0) is 10.7. The van der Waals surface area contributed by atoms with Gasteiger partial charge < -0.3 is 10.4 Å².